The number of pyridine rings is 1. The maximum atomic E-state index is 11.0. The number of aromatic carboxylic acids is 1. The highest BCUT2D eigenvalue weighted by Gasteiger charge is 2.15. The molecule has 0 radical (unpaired) electrons. The molecular formula is C10H5ClN4O2S. The van der Waals surface area contributed by atoms with Gasteiger partial charge in [0.2, 0.25) is 0 Å². The molecular weight excluding hydrogens is 276 g/mol. The molecule has 0 aliphatic heterocycles. The van der Waals surface area contributed by atoms with Crippen molar-refractivity contribution in [3.8, 4) is 10.7 Å². The normalized spacial score (nSPS) is 10.9. The Morgan fingerprint density at radius 1 is 1.44 bits per heavy atom. The second kappa shape index (κ2) is 4.04. The van der Waals surface area contributed by atoms with E-state index in [9.17, 15) is 4.79 Å². The third-order valence-electron chi connectivity index (χ3n) is 2.36. The zero-order valence-electron chi connectivity index (χ0n) is 8.74. The third-order valence-corrected chi connectivity index (χ3v) is 3.41. The third kappa shape index (κ3) is 1.64. The van der Waals surface area contributed by atoms with Crippen LogP contribution in [-0.4, -0.2) is 30.7 Å². The van der Waals surface area contributed by atoms with Crippen molar-refractivity contribution < 1.29 is 9.90 Å². The molecule has 3 heterocycles. The second-order valence-corrected chi connectivity index (χ2v) is 4.76. The van der Waals surface area contributed by atoms with Crippen molar-refractivity contribution in [2.75, 3.05) is 0 Å². The number of carboxylic acid groups (broad SMARTS) is 1. The van der Waals surface area contributed by atoms with Crippen molar-refractivity contribution in [1.82, 2.24) is 19.6 Å². The molecule has 3 aromatic rings. The van der Waals surface area contributed by atoms with Crippen LogP contribution in [0.3, 0.4) is 0 Å². The van der Waals surface area contributed by atoms with Crippen molar-refractivity contribution in [2.24, 2.45) is 0 Å². The summed E-state index contributed by atoms with van der Waals surface area (Å²) in [7, 11) is 0. The molecule has 0 spiro atoms. The van der Waals surface area contributed by atoms with Crippen LogP contribution >= 0.6 is 22.9 Å². The van der Waals surface area contributed by atoms with Gasteiger partial charge in [-0.2, -0.15) is 0 Å². The lowest BCUT2D eigenvalue weighted by Gasteiger charge is -2.00. The Hall–Kier alpha value is -1.99. The van der Waals surface area contributed by atoms with Gasteiger partial charge >= 0.3 is 5.97 Å². The summed E-state index contributed by atoms with van der Waals surface area (Å²) >= 11 is 7.37. The highest BCUT2D eigenvalue weighted by atomic mass is 35.5. The largest absolute Gasteiger partial charge is 0.478 e. The molecule has 0 saturated carbocycles. The molecule has 18 heavy (non-hydrogen) atoms. The van der Waals surface area contributed by atoms with Crippen LogP contribution in [0.15, 0.2) is 24.0 Å². The predicted octanol–water partition coefficient (Wildman–Crippen LogP) is 2.20. The van der Waals surface area contributed by atoms with Gasteiger partial charge in [0.05, 0.1) is 21.0 Å². The molecule has 0 fully saturated rings. The Kier molecular flexibility index (Phi) is 2.49. The first-order valence-electron chi connectivity index (χ1n) is 4.83. The number of aromatic nitrogens is 4. The van der Waals surface area contributed by atoms with Gasteiger partial charge in [-0.1, -0.05) is 11.6 Å². The summed E-state index contributed by atoms with van der Waals surface area (Å²) < 4.78 is 1.55. The fraction of sp³-hybridized carbons (Fsp3) is 0. The van der Waals surface area contributed by atoms with E-state index in [2.05, 4.69) is 15.2 Å². The Labute approximate surface area is 109 Å². The lowest BCUT2D eigenvalue weighted by molar-refractivity contribution is 0.0696. The van der Waals surface area contributed by atoms with Gasteiger partial charge in [0.25, 0.3) is 0 Å². The lowest BCUT2D eigenvalue weighted by atomic mass is 10.3. The number of hydrogen-bond acceptors (Lipinski definition) is 5. The van der Waals surface area contributed by atoms with Crippen LogP contribution in [0.2, 0.25) is 5.02 Å². The quantitative estimate of drug-likeness (QED) is 0.778. The van der Waals surface area contributed by atoms with Crippen molar-refractivity contribution >= 4 is 34.6 Å². The van der Waals surface area contributed by atoms with Crippen molar-refractivity contribution in [3.63, 3.8) is 0 Å². The molecule has 1 N–H and O–H groups in total. The van der Waals surface area contributed by atoms with Gasteiger partial charge in [-0.05, 0) is 6.07 Å². The number of halogens is 1. The van der Waals surface area contributed by atoms with E-state index in [0.717, 1.165) is 4.88 Å². The summed E-state index contributed by atoms with van der Waals surface area (Å²) in [4.78, 5) is 15.7. The number of rotatable bonds is 2. The summed E-state index contributed by atoms with van der Waals surface area (Å²) in [5.74, 6) is -0.528. The summed E-state index contributed by atoms with van der Waals surface area (Å²) in [5, 5.41) is 17.2. The molecule has 0 bridgehead atoms. The molecule has 3 rings (SSSR count). The van der Waals surface area contributed by atoms with Crippen molar-refractivity contribution in [3.05, 3.63) is 34.6 Å². The topological polar surface area (TPSA) is 80.4 Å². The van der Waals surface area contributed by atoms with Crippen LogP contribution in [0.1, 0.15) is 10.4 Å². The number of nitrogens with zero attached hydrogens (tertiary/aromatic N) is 4. The Morgan fingerprint density at radius 2 is 2.28 bits per heavy atom. The van der Waals surface area contributed by atoms with Gasteiger partial charge in [0, 0.05) is 12.4 Å². The first-order chi connectivity index (χ1) is 8.66. The Bertz CT molecular complexity index is 738. The average molecular weight is 281 g/mol. The smallest absolute Gasteiger partial charge is 0.337 e. The number of thiazole rings is 1. The van der Waals surface area contributed by atoms with Gasteiger partial charge in [-0.25, -0.2) is 4.79 Å². The van der Waals surface area contributed by atoms with E-state index in [1.807, 2.05) is 0 Å². The van der Waals surface area contributed by atoms with Crippen LogP contribution in [0.25, 0.3) is 16.3 Å². The summed E-state index contributed by atoms with van der Waals surface area (Å²) in [6, 6.07) is 1.35. The average Bonchev–Trinajstić information content (AvgIpc) is 2.96. The summed E-state index contributed by atoms with van der Waals surface area (Å²) in [6.07, 6.45) is 3.08. The first kappa shape index (κ1) is 11.1. The maximum Gasteiger partial charge on any atom is 0.337 e. The standard InChI is InChI=1S/C10H5ClN4O2S/c11-6-1-5(10(16)17)3-15-8(6)13-14-9(15)7-2-12-4-18-7/h1-4H,(H,16,17). The fourth-order valence-electron chi connectivity index (χ4n) is 1.57. The summed E-state index contributed by atoms with van der Waals surface area (Å²) in [5.41, 5.74) is 2.17. The molecule has 0 aromatic carbocycles. The van der Waals surface area contributed by atoms with E-state index in [1.54, 1.807) is 16.1 Å². The van der Waals surface area contributed by atoms with Crippen LogP contribution < -0.4 is 0 Å². The molecule has 6 nitrogen and oxygen atoms in total. The van der Waals surface area contributed by atoms with E-state index >= 15 is 0 Å². The minimum atomic E-state index is -1.05. The molecule has 0 aliphatic rings. The monoisotopic (exact) mass is 280 g/mol. The van der Waals surface area contributed by atoms with Gasteiger partial charge in [-0.3, -0.25) is 9.38 Å². The lowest BCUT2D eigenvalue weighted by Crippen LogP contribution is -2.00. The Balaban J connectivity index is 2.32. The van der Waals surface area contributed by atoms with Crippen LogP contribution in [0, 0.1) is 0 Å². The van der Waals surface area contributed by atoms with Gasteiger partial charge in [0.1, 0.15) is 0 Å². The SMILES string of the molecule is O=C(O)c1cc(Cl)c2nnc(-c3cncs3)n2c1. The minimum absolute atomic E-state index is 0.0815. The number of hydrogen-bond donors (Lipinski definition) is 1. The summed E-state index contributed by atoms with van der Waals surface area (Å²) in [6.45, 7) is 0. The van der Waals surface area contributed by atoms with Gasteiger partial charge in [-0.15, -0.1) is 21.5 Å². The molecule has 0 saturated heterocycles. The van der Waals surface area contributed by atoms with Gasteiger partial charge < -0.3 is 5.11 Å². The maximum absolute atomic E-state index is 11.0. The molecule has 0 unspecified atom stereocenters. The van der Waals surface area contributed by atoms with E-state index < -0.39 is 5.97 Å². The van der Waals surface area contributed by atoms with Crippen LogP contribution in [-0.2, 0) is 0 Å². The van der Waals surface area contributed by atoms with Crippen LogP contribution in [0.4, 0.5) is 0 Å². The van der Waals surface area contributed by atoms with Crippen LogP contribution in [0.5, 0.6) is 0 Å². The zero-order valence-corrected chi connectivity index (χ0v) is 10.3. The number of carboxylic acids is 1. The number of fused-ring (bicyclic) bond motifs is 1. The van der Waals surface area contributed by atoms with E-state index in [0.29, 0.717) is 11.5 Å². The predicted molar refractivity (Wildman–Crippen MR) is 66.1 cm³/mol. The van der Waals surface area contributed by atoms with Crippen molar-refractivity contribution in [2.45, 2.75) is 0 Å². The van der Waals surface area contributed by atoms with Crippen molar-refractivity contribution in [1.29, 1.82) is 0 Å². The van der Waals surface area contributed by atoms with E-state index in [-0.39, 0.29) is 10.6 Å². The zero-order chi connectivity index (χ0) is 12.7. The highest BCUT2D eigenvalue weighted by molar-refractivity contribution is 7.13. The minimum Gasteiger partial charge on any atom is -0.478 e. The second-order valence-electron chi connectivity index (χ2n) is 3.46. The molecule has 90 valence electrons. The molecule has 3 aromatic heterocycles. The molecule has 0 amide bonds. The number of carbonyl (C=O) groups is 1. The van der Waals surface area contributed by atoms with E-state index in [1.165, 1.54) is 23.6 Å². The van der Waals surface area contributed by atoms with E-state index in [4.69, 9.17) is 16.7 Å². The first-order valence-corrected chi connectivity index (χ1v) is 6.09. The highest BCUT2D eigenvalue weighted by Crippen LogP contribution is 2.25. The molecule has 8 heteroatoms. The van der Waals surface area contributed by atoms with Gasteiger partial charge in [0.15, 0.2) is 11.5 Å². The fourth-order valence-corrected chi connectivity index (χ4v) is 2.41. The molecule has 0 aliphatic carbocycles. The molecule has 0 atom stereocenters. The Morgan fingerprint density at radius 3 is 2.94 bits per heavy atom.